The summed E-state index contributed by atoms with van der Waals surface area (Å²) in [4.78, 5) is 17.3. The first kappa shape index (κ1) is 16.7. The highest BCUT2D eigenvalue weighted by Crippen LogP contribution is 2.22. The van der Waals surface area contributed by atoms with Gasteiger partial charge in [0.25, 0.3) is 5.91 Å². The zero-order chi connectivity index (χ0) is 18.5. The third-order valence-electron chi connectivity index (χ3n) is 4.27. The van der Waals surface area contributed by atoms with E-state index in [-0.39, 0.29) is 5.91 Å². The quantitative estimate of drug-likeness (QED) is 0.585. The van der Waals surface area contributed by atoms with Crippen LogP contribution in [0.15, 0.2) is 97.5 Å². The molecule has 0 radical (unpaired) electrons. The molecule has 0 saturated carbocycles. The number of nitrogens with zero attached hydrogens (tertiary/aromatic N) is 3. The van der Waals surface area contributed by atoms with E-state index >= 15 is 0 Å². The van der Waals surface area contributed by atoms with Gasteiger partial charge in [0, 0.05) is 24.2 Å². The Morgan fingerprint density at radius 3 is 2.22 bits per heavy atom. The number of carbonyl (C=O) groups excluding carboxylic acids is 1. The molecule has 5 heteroatoms. The van der Waals surface area contributed by atoms with Crippen LogP contribution in [0.3, 0.4) is 0 Å². The predicted molar refractivity (Wildman–Crippen MR) is 105 cm³/mol. The molecule has 4 aromatic rings. The lowest BCUT2D eigenvalue weighted by Crippen LogP contribution is -2.27. The Morgan fingerprint density at radius 2 is 1.59 bits per heavy atom. The van der Waals surface area contributed by atoms with Crippen LogP contribution >= 0.6 is 0 Å². The molecule has 132 valence electrons. The molecular formula is C22H18N4O. The van der Waals surface area contributed by atoms with Crippen molar-refractivity contribution < 1.29 is 4.79 Å². The van der Waals surface area contributed by atoms with E-state index in [0.717, 1.165) is 16.7 Å². The molecule has 2 aromatic carbocycles. The van der Waals surface area contributed by atoms with Crippen molar-refractivity contribution in [2.75, 3.05) is 5.32 Å². The average Bonchev–Trinajstić information content (AvgIpc) is 3.24. The Labute approximate surface area is 157 Å². The van der Waals surface area contributed by atoms with Crippen molar-refractivity contribution in [3.8, 4) is 11.1 Å². The largest absolute Gasteiger partial charge is 0.309 e. The van der Waals surface area contributed by atoms with Gasteiger partial charge >= 0.3 is 0 Å². The SMILES string of the molecule is O=C(Nc1ccc(-c2ccccc2)cn1)C(c1ccccc1)n1cccn1. The van der Waals surface area contributed by atoms with Crippen LogP contribution in [0.25, 0.3) is 11.1 Å². The van der Waals surface area contributed by atoms with Crippen LogP contribution in [0.4, 0.5) is 5.82 Å². The van der Waals surface area contributed by atoms with Crippen LogP contribution in [-0.4, -0.2) is 20.7 Å². The van der Waals surface area contributed by atoms with Crippen LogP contribution in [0.1, 0.15) is 11.6 Å². The van der Waals surface area contributed by atoms with Gasteiger partial charge in [0.05, 0.1) is 0 Å². The zero-order valence-electron chi connectivity index (χ0n) is 14.6. The minimum atomic E-state index is -0.559. The molecule has 1 atom stereocenters. The fourth-order valence-corrected chi connectivity index (χ4v) is 2.96. The van der Waals surface area contributed by atoms with Gasteiger partial charge in [0.2, 0.25) is 0 Å². The molecule has 0 aliphatic rings. The molecule has 2 heterocycles. The number of pyridine rings is 1. The molecule has 1 unspecified atom stereocenters. The Kier molecular flexibility index (Phi) is 4.74. The van der Waals surface area contributed by atoms with Gasteiger partial charge in [-0.2, -0.15) is 5.10 Å². The van der Waals surface area contributed by atoms with Gasteiger partial charge < -0.3 is 5.32 Å². The number of carbonyl (C=O) groups is 1. The number of amides is 1. The normalized spacial score (nSPS) is 11.7. The molecule has 0 aliphatic carbocycles. The molecule has 0 saturated heterocycles. The third-order valence-corrected chi connectivity index (χ3v) is 4.27. The summed E-state index contributed by atoms with van der Waals surface area (Å²) in [5, 5.41) is 7.14. The first-order valence-corrected chi connectivity index (χ1v) is 8.68. The minimum absolute atomic E-state index is 0.190. The topological polar surface area (TPSA) is 59.8 Å². The summed E-state index contributed by atoms with van der Waals surface area (Å²) < 4.78 is 1.64. The second kappa shape index (κ2) is 7.66. The molecule has 0 bridgehead atoms. The Balaban J connectivity index is 1.56. The molecule has 2 aromatic heterocycles. The minimum Gasteiger partial charge on any atom is -0.309 e. The summed E-state index contributed by atoms with van der Waals surface area (Å²) in [6.07, 6.45) is 5.20. The second-order valence-corrected chi connectivity index (χ2v) is 6.09. The van der Waals surface area contributed by atoms with Crippen LogP contribution in [0, 0.1) is 0 Å². The van der Waals surface area contributed by atoms with E-state index in [9.17, 15) is 4.79 Å². The highest BCUT2D eigenvalue weighted by atomic mass is 16.2. The van der Waals surface area contributed by atoms with Gasteiger partial charge in [-0.25, -0.2) is 4.98 Å². The maximum Gasteiger partial charge on any atom is 0.254 e. The lowest BCUT2D eigenvalue weighted by atomic mass is 10.1. The summed E-state index contributed by atoms with van der Waals surface area (Å²) >= 11 is 0. The highest BCUT2D eigenvalue weighted by Gasteiger charge is 2.23. The molecule has 1 N–H and O–H groups in total. The Bertz CT molecular complexity index is 997. The summed E-state index contributed by atoms with van der Waals surface area (Å²) in [6.45, 7) is 0. The van der Waals surface area contributed by atoms with Gasteiger partial charge in [-0.3, -0.25) is 9.48 Å². The van der Waals surface area contributed by atoms with E-state index in [0.29, 0.717) is 5.82 Å². The number of rotatable bonds is 5. The summed E-state index contributed by atoms with van der Waals surface area (Å²) in [7, 11) is 0. The molecule has 4 rings (SSSR count). The number of hydrogen-bond acceptors (Lipinski definition) is 3. The smallest absolute Gasteiger partial charge is 0.254 e. The van der Waals surface area contributed by atoms with Gasteiger partial charge in [-0.1, -0.05) is 60.7 Å². The van der Waals surface area contributed by atoms with Crippen molar-refractivity contribution in [3.05, 3.63) is 103 Å². The van der Waals surface area contributed by atoms with Crippen molar-refractivity contribution in [2.24, 2.45) is 0 Å². The molecule has 0 aliphatic heterocycles. The Morgan fingerprint density at radius 1 is 0.852 bits per heavy atom. The molecule has 0 spiro atoms. The summed E-state index contributed by atoms with van der Waals surface area (Å²) in [5.74, 6) is 0.317. The van der Waals surface area contributed by atoms with Crippen LogP contribution in [-0.2, 0) is 4.79 Å². The van der Waals surface area contributed by atoms with Crippen LogP contribution in [0.5, 0.6) is 0 Å². The second-order valence-electron chi connectivity index (χ2n) is 6.09. The van der Waals surface area contributed by atoms with Gasteiger partial charge in [0.15, 0.2) is 6.04 Å². The van der Waals surface area contributed by atoms with Gasteiger partial charge in [-0.05, 0) is 29.3 Å². The average molecular weight is 354 g/mol. The number of hydrogen-bond donors (Lipinski definition) is 1. The molecule has 27 heavy (non-hydrogen) atoms. The summed E-state index contributed by atoms with van der Waals surface area (Å²) in [6, 6.07) is 24.6. The standard InChI is InChI=1S/C22H18N4O/c27-22(21(26-15-7-14-24-26)18-10-5-2-6-11-18)25-20-13-12-19(16-23-20)17-8-3-1-4-9-17/h1-16,21H,(H,23,25,27). The highest BCUT2D eigenvalue weighted by molar-refractivity contribution is 5.95. The Hall–Kier alpha value is -3.73. The zero-order valence-corrected chi connectivity index (χ0v) is 14.6. The van der Waals surface area contributed by atoms with Crippen LogP contribution < -0.4 is 5.32 Å². The van der Waals surface area contributed by atoms with Crippen molar-refractivity contribution in [1.29, 1.82) is 0 Å². The first-order valence-electron chi connectivity index (χ1n) is 8.68. The van der Waals surface area contributed by atoms with Gasteiger partial charge in [-0.15, -0.1) is 0 Å². The van der Waals surface area contributed by atoms with Crippen molar-refractivity contribution >= 4 is 11.7 Å². The van der Waals surface area contributed by atoms with Crippen molar-refractivity contribution in [3.63, 3.8) is 0 Å². The molecule has 5 nitrogen and oxygen atoms in total. The van der Waals surface area contributed by atoms with Crippen molar-refractivity contribution in [2.45, 2.75) is 6.04 Å². The number of nitrogens with one attached hydrogen (secondary N) is 1. The van der Waals surface area contributed by atoms with E-state index in [4.69, 9.17) is 0 Å². The predicted octanol–water partition coefficient (Wildman–Crippen LogP) is 4.17. The molecule has 1 amide bonds. The van der Waals surface area contributed by atoms with E-state index in [1.54, 1.807) is 29.3 Å². The monoisotopic (exact) mass is 354 g/mol. The van der Waals surface area contributed by atoms with E-state index in [1.807, 2.05) is 72.8 Å². The lowest BCUT2D eigenvalue weighted by Gasteiger charge is -2.17. The molecule has 0 fully saturated rings. The third kappa shape index (κ3) is 3.77. The van der Waals surface area contributed by atoms with Crippen molar-refractivity contribution in [1.82, 2.24) is 14.8 Å². The van der Waals surface area contributed by atoms with E-state index in [2.05, 4.69) is 15.4 Å². The lowest BCUT2D eigenvalue weighted by molar-refractivity contribution is -0.118. The molecular weight excluding hydrogens is 336 g/mol. The maximum absolute atomic E-state index is 13.0. The van der Waals surface area contributed by atoms with E-state index in [1.165, 1.54) is 0 Å². The first-order chi connectivity index (χ1) is 13.3. The summed E-state index contributed by atoms with van der Waals surface area (Å²) in [5.41, 5.74) is 2.95. The maximum atomic E-state index is 13.0. The number of anilines is 1. The number of benzene rings is 2. The fourth-order valence-electron chi connectivity index (χ4n) is 2.96. The number of aromatic nitrogens is 3. The van der Waals surface area contributed by atoms with Gasteiger partial charge in [0.1, 0.15) is 5.82 Å². The van der Waals surface area contributed by atoms with E-state index < -0.39 is 6.04 Å². The fraction of sp³-hybridized carbons (Fsp3) is 0.0455. The van der Waals surface area contributed by atoms with Crippen LogP contribution in [0.2, 0.25) is 0 Å².